The number of hydrogen-bond acceptors (Lipinski definition) is 0. The van der Waals surface area contributed by atoms with Crippen molar-refractivity contribution < 1.29 is 19.8 Å². The van der Waals surface area contributed by atoms with Crippen molar-refractivity contribution in [3.63, 3.8) is 0 Å². The van der Waals surface area contributed by atoms with Crippen LogP contribution >= 0.6 is 0 Å². The number of rotatable bonds is 1. The third-order valence-corrected chi connectivity index (χ3v) is 1.11. The maximum absolute atomic E-state index is 3.36. The van der Waals surface area contributed by atoms with Crippen LogP contribution in [0.4, 0.5) is 0 Å². The monoisotopic (exact) mass is 338 g/mol. The molecule has 0 aromatic heterocycles. The SMILES string of the molecule is C=CC=C.Cc1ccccc1.[Os]. The average Bonchev–Trinajstić information content (AvgIpc) is 2.07. The van der Waals surface area contributed by atoms with Gasteiger partial charge in [0.25, 0.3) is 0 Å². The van der Waals surface area contributed by atoms with Crippen molar-refractivity contribution in [1.82, 2.24) is 0 Å². The van der Waals surface area contributed by atoms with Crippen LogP contribution in [0.1, 0.15) is 5.56 Å². The summed E-state index contributed by atoms with van der Waals surface area (Å²) in [6, 6.07) is 10.3. The van der Waals surface area contributed by atoms with Gasteiger partial charge in [-0.15, -0.1) is 0 Å². The molecule has 12 heavy (non-hydrogen) atoms. The van der Waals surface area contributed by atoms with E-state index in [1.165, 1.54) is 5.56 Å². The summed E-state index contributed by atoms with van der Waals surface area (Å²) in [5, 5.41) is 0. The van der Waals surface area contributed by atoms with E-state index in [0.29, 0.717) is 0 Å². The van der Waals surface area contributed by atoms with E-state index in [2.05, 4.69) is 32.2 Å². The Kier molecular flexibility index (Phi) is 12.0. The van der Waals surface area contributed by atoms with Crippen molar-refractivity contribution in [2.24, 2.45) is 0 Å². The van der Waals surface area contributed by atoms with Gasteiger partial charge in [-0.2, -0.15) is 0 Å². The van der Waals surface area contributed by atoms with Gasteiger partial charge in [-0.25, -0.2) is 0 Å². The van der Waals surface area contributed by atoms with Crippen LogP contribution in [0.15, 0.2) is 55.6 Å². The second-order valence-corrected chi connectivity index (χ2v) is 2.13. The zero-order valence-electron chi connectivity index (χ0n) is 7.31. The molecule has 0 saturated carbocycles. The van der Waals surface area contributed by atoms with E-state index in [9.17, 15) is 0 Å². The van der Waals surface area contributed by atoms with Gasteiger partial charge >= 0.3 is 0 Å². The van der Waals surface area contributed by atoms with Gasteiger partial charge in [-0.3, -0.25) is 0 Å². The van der Waals surface area contributed by atoms with Crippen molar-refractivity contribution in [3.05, 3.63) is 61.2 Å². The molecule has 0 nitrogen and oxygen atoms in total. The predicted octanol–water partition coefficient (Wildman–Crippen LogP) is 3.35. The number of aryl methyl sites for hydroxylation is 1. The predicted molar refractivity (Wildman–Crippen MR) is 51.6 cm³/mol. The summed E-state index contributed by atoms with van der Waals surface area (Å²) in [5.74, 6) is 0. The number of allylic oxidation sites excluding steroid dienone is 2. The minimum absolute atomic E-state index is 0. The van der Waals surface area contributed by atoms with Gasteiger partial charge in [0.05, 0.1) is 0 Å². The number of benzene rings is 1. The first-order valence-electron chi connectivity index (χ1n) is 3.56. The van der Waals surface area contributed by atoms with Gasteiger partial charge < -0.3 is 0 Å². The Bertz CT molecular complexity index is 196. The molecule has 1 rings (SSSR count). The molecule has 0 spiro atoms. The molecule has 0 aliphatic rings. The smallest absolute Gasteiger partial charge is 0 e. The van der Waals surface area contributed by atoms with E-state index < -0.39 is 0 Å². The van der Waals surface area contributed by atoms with Crippen molar-refractivity contribution in [1.29, 1.82) is 0 Å². The Hall–Kier alpha value is -0.664. The third-order valence-electron chi connectivity index (χ3n) is 1.11. The molecular weight excluding hydrogens is 322 g/mol. The summed E-state index contributed by atoms with van der Waals surface area (Å²) in [6.45, 7) is 8.81. The molecule has 66 valence electrons. The molecular formula is C11H14Os. The van der Waals surface area contributed by atoms with E-state index in [0.717, 1.165) is 0 Å². The van der Waals surface area contributed by atoms with E-state index in [1.807, 2.05) is 18.2 Å². The first-order valence-corrected chi connectivity index (χ1v) is 3.56. The van der Waals surface area contributed by atoms with E-state index in [4.69, 9.17) is 0 Å². The van der Waals surface area contributed by atoms with Crippen LogP contribution in [-0.4, -0.2) is 0 Å². The minimum atomic E-state index is 0. The normalized spacial score (nSPS) is 6.75. The zero-order valence-corrected chi connectivity index (χ0v) is 9.85. The molecule has 0 aliphatic heterocycles. The van der Waals surface area contributed by atoms with Gasteiger partial charge in [0.2, 0.25) is 0 Å². The quantitative estimate of drug-likeness (QED) is 0.690. The van der Waals surface area contributed by atoms with Crippen molar-refractivity contribution >= 4 is 0 Å². The topological polar surface area (TPSA) is 0 Å². The molecule has 0 bridgehead atoms. The second-order valence-electron chi connectivity index (χ2n) is 2.13. The summed E-state index contributed by atoms with van der Waals surface area (Å²) < 4.78 is 0. The molecule has 0 unspecified atom stereocenters. The molecule has 0 fully saturated rings. The fraction of sp³-hybridized carbons (Fsp3) is 0.0909. The summed E-state index contributed by atoms with van der Waals surface area (Å²) in [5.41, 5.74) is 1.32. The summed E-state index contributed by atoms with van der Waals surface area (Å²) in [7, 11) is 0. The van der Waals surface area contributed by atoms with Crippen LogP contribution in [0.3, 0.4) is 0 Å². The van der Waals surface area contributed by atoms with Crippen molar-refractivity contribution in [2.75, 3.05) is 0 Å². The molecule has 1 aromatic carbocycles. The number of hydrogen-bond donors (Lipinski definition) is 0. The molecule has 0 N–H and O–H groups in total. The molecule has 0 atom stereocenters. The van der Waals surface area contributed by atoms with Gasteiger partial charge in [0.15, 0.2) is 0 Å². The molecule has 1 heteroatoms. The van der Waals surface area contributed by atoms with Crippen LogP contribution < -0.4 is 0 Å². The van der Waals surface area contributed by atoms with E-state index in [-0.39, 0.29) is 19.8 Å². The Morgan fingerprint density at radius 3 is 1.58 bits per heavy atom. The molecule has 0 saturated heterocycles. The van der Waals surface area contributed by atoms with Crippen LogP contribution in [0.25, 0.3) is 0 Å². The molecule has 1 aromatic rings. The standard InChI is InChI=1S/C7H8.C4H6.Os/c1-7-5-3-2-4-6-7;1-3-4-2;/h2-6H,1H3;3-4H,1-2H2;. The summed E-state index contributed by atoms with van der Waals surface area (Å²) >= 11 is 0. The van der Waals surface area contributed by atoms with Gasteiger partial charge in [0, 0.05) is 19.8 Å². The van der Waals surface area contributed by atoms with Crippen LogP contribution in [0.2, 0.25) is 0 Å². The largest absolute Gasteiger partial charge is 0.0991 e. The fourth-order valence-electron chi connectivity index (χ4n) is 0.534. The molecule has 0 amide bonds. The van der Waals surface area contributed by atoms with Gasteiger partial charge in [-0.1, -0.05) is 61.2 Å². The van der Waals surface area contributed by atoms with Crippen LogP contribution in [-0.2, 0) is 19.8 Å². The van der Waals surface area contributed by atoms with Crippen LogP contribution in [0.5, 0.6) is 0 Å². The van der Waals surface area contributed by atoms with Gasteiger partial charge in [0.1, 0.15) is 0 Å². The zero-order chi connectivity index (χ0) is 8.53. The molecule has 0 heterocycles. The Labute approximate surface area is 88.1 Å². The average molecular weight is 336 g/mol. The minimum Gasteiger partial charge on any atom is -0.0991 e. The molecule has 0 aliphatic carbocycles. The molecule has 0 radical (unpaired) electrons. The third kappa shape index (κ3) is 9.34. The Morgan fingerprint density at radius 1 is 1.00 bits per heavy atom. The first kappa shape index (κ1) is 13.9. The second kappa shape index (κ2) is 10.3. The summed E-state index contributed by atoms with van der Waals surface area (Å²) in [4.78, 5) is 0. The van der Waals surface area contributed by atoms with Crippen LogP contribution in [0, 0.1) is 6.92 Å². The Morgan fingerprint density at radius 2 is 1.42 bits per heavy atom. The van der Waals surface area contributed by atoms with E-state index in [1.54, 1.807) is 12.2 Å². The fourth-order valence-corrected chi connectivity index (χ4v) is 0.534. The van der Waals surface area contributed by atoms with Crippen molar-refractivity contribution in [3.8, 4) is 0 Å². The van der Waals surface area contributed by atoms with Crippen molar-refractivity contribution in [2.45, 2.75) is 6.92 Å². The van der Waals surface area contributed by atoms with E-state index >= 15 is 0 Å². The maximum Gasteiger partial charge on any atom is 0 e. The maximum atomic E-state index is 3.36. The first-order chi connectivity index (χ1) is 5.31. The summed E-state index contributed by atoms with van der Waals surface area (Å²) in [6.07, 6.45) is 3.28. The Balaban J connectivity index is 0. The van der Waals surface area contributed by atoms with Gasteiger partial charge in [-0.05, 0) is 6.92 Å².